The summed E-state index contributed by atoms with van der Waals surface area (Å²) in [5.74, 6) is 0.467. The number of benzene rings is 3. The average molecular weight is 615 g/mol. The molecule has 0 bridgehead atoms. The van der Waals surface area contributed by atoms with E-state index in [0.29, 0.717) is 49.0 Å². The summed E-state index contributed by atoms with van der Waals surface area (Å²) in [6.07, 6.45) is 1.70. The zero-order chi connectivity index (χ0) is 31.4. The molecule has 11 heteroatoms. The van der Waals surface area contributed by atoms with E-state index in [4.69, 9.17) is 28.7 Å². The third kappa shape index (κ3) is 5.86. The minimum absolute atomic E-state index is 0.138. The van der Waals surface area contributed by atoms with E-state index >= 15 is 0 Å². The Hall–Kier alpha value is -5.16. The number of thiazole rings is 1. The minimum Gasteiger partial charge on any atom is -0.493 e. The van der Waals surface area contributed by atoms with E-state index in [9.17, 15) is 14.4 Å². The number of carbonyl (C=O) groups is 2. The van der Waals surface area contributed by atoms with E-state index in [2.05, 4.69) is 0 Å². The van der Waals surface area contributed by atoms with Crippen molar-refractivity contribution in [2.24, 2.45) is 4.99 Å². The Labute approximate surface area is 257 Å². The molecule has 1 aromatic heterocycles. The van der Waals surface area contributed by atoms with Gasteiger partial charge in [-0.05, 0) is 48.4 Å². The molecule has 10 nitrogen and oxygen atoms in total. The van der Waals surface area contributed by atoms with Gasteiger partial charge in [-0.25, -0.2) is 9.79 Å². The van der Waals surface area contributed by atoms with Gasteiger partial charge in [-0.2, -0.15) is 0 Å². The van der Waals surface area contributed by atoms with Gasteiger partial charge in [0.2, 0.25) is 0 Å². The number of ether oxygens (including phenoxy) is 5. The zero-order valence-electron chi connectivity index (χ0n) is 24.8. The van der Waals surface area contributed by atoms with Crippen LogP contribution < -0.4 is 33.8 Å². The summed E-state index contributed by atoms with van der Waals surface area (Å²) in [5, 5.41) is 0. The monoisotopic (exact) mass is 614 g/mol. The lowest BCUT2D eigenvalue weighted by molar-refractivity contribution is -0.139. The van der Waals surface area contributed by atoms with Crippen LogP contribution in [0.25, 0.3) is 11.8 Å². The molecule has 44 heavy (non-hydrogen) atoms. The molecule has 0 radical (unpaired) electrons. The molecule has 3 aromatic carbocycles. The van der Waals surface area contributed by atoms with E-state index in [1.54, 1.807) is 49.4 Å². The molecule has 4 aromatic rings. The van der Waals surface area contributed by atoms with Crippen molar-refractivity contribution in [3.63, 3.8) is 0 Å². The Bertz CT molecular complexity index is 1940. The zero-order valence-corrected chi connectivity index (χ0v) is 25.6. The smallest absolute Gasteiger partial charge is 0.338 e. The fraction of sp³-hybridized carbons (Fsp3) is 0.212. The SMILES string of the molecule is CCOC(=O)C1=C(c2ccccc2)N=c2s/c(=C\c3ccc(OC(C)=O)c(OC)c3)c(=O)n2[C@@H]1c1ccc(OC)c(OC)c1. The molecule has 1 aliphatic rings. The lowest BCUT2D eigenvalue weighted by Crippen LogP contribution is -2.40. The third-order valence-electron chi connectivity index (χ3n) is 6.84. The molecule has 0 unspecified atom stereocenters. The van der Waals surface area contributed by atoms with Gasteiger partial charge in [-0.1, -0.05) is 53.8 Å². The van der Waals surface area contributed by atoms with Crippen LogP contribution >= 0.6 is 11.3 Å². The number of hydrogen-bond acceptors (Lipinski definition) is 10. The summed E-state index contributed by atoms with van der Waals surface area (Å²) < 4.78 is 29.0. The first-order valence-electron chi connectivity index (χ1n) is 13.7. The standard InChI is InChI=1S/C33H30N2O8S/c1-6-42-32(38)28-29(21-10-8-7-9-11-21)34-33-35(30(28)22-13-15-23(39-3)26(18-22)41-5)31(37)27(44-33)17-20-12-14-24(43-19(2)36)25(16-20)40-4/h7-18,30H,6H2,1-5H3/b27-17-/t30-/m1/s1. The number of hydrogen-bond donors (Lipinski definition) is 0. The molecule has 0 aliphatic carbocycles. The lowest BCUT2D eigenvalue weighted by atomic mass is 9.93. The van der Waals surface area contributed by atoms with Crippen LogP contribution in [-0.4, -0.2) is 44.4 Å². The Morgan fingerprint density at radius 2 is 1.59 bits per heavy atom. The number of nitrogens with zero attached hydrogens (tertiary/aromatic N) is 2. The molecule has 5 rings (SSSR count). The summed E-state index contributed by atoms with van der Waals surface area (Å²) in [6, 6.07) is 18.6. The van der Waals surface area contributed by atoms with Gasteiger partial charge in [0.1, 0.15) is 0 Å². The molecule has 2 heterocycles. The number of fused-ring (bicyclic) bond motifs is 1. The van der Waals surface area contributed by atoms with Gasteiger partial charge < -0.3 is 23.7 Å². The highest BCUT2D eigenvalue weighted by molar-refractivity contribution is 7.07. The Kier molecular flexibility index (Phi) is 8.96. The second kappa shape index (κ2) is 13.0. The molecular weight excluding hydrogens is 584 g/mol. The molecule has 0 N–H and O–H groups in total. The van der Waals surface area contributed by atoms with E-state index < -0.39 is 18.0 Å². The van der Waals surface area contributed by atoms with Crippen molar-refractivity contribution < 1.29 is 33.3 Å². The maximum absolute atomic E-state index is 14.2. The first-order chi connectivity index (χ1) is 21.3. The van der Waals surface area contributed by atoms with Crippen LogP contribution in [0.5, 0.6) is 23.0 Å². The van der Waals surface area contributed by atoms with Gasteiger partial charge in [0, 0.05) is 12.5 Å². The van der Waals surface area contributed by atoms with Gasteiger partial charge in [0.25, 0.3) is 5.56 Å². The Balaban J connectivity index is 1.79. The molecular formula is C33H30N2O8S. The molecule has 0 spiro atoms. The number of methoxy groups -OCH3 is 3. The summed E-state index contributed by atoms with van der Waals surface area (Å²) >= 11 is 1.19. The van der Waals surface area contributed by atoms with Crippen LogP contribution in [0.15, 0.2) is 82.1 Å². The first kappa shape index (κ1) is 30.3. The molecule has 1 aliphatic heterocycles. The van der Waals surface area contributed by atoms with E-state index in [-0.39, 0.29) is 23.5 Å². The molecule has 0 fully saturated rings. The van der Waals surface area contributed by atoms with Crippen LogP contribution in [-0.2, 0) is 14.3 Å². The predicted molar refractivity (Wildman–Crippen MR) is 165 cm³/mol. The maximum atomic E-state index is 14.2. The summed E-state index contributed by atoms with van der Waals surface area (Å²) in [5.41, 5.74) is 2.21. The summed E-state index contributed by atoms with van der Waals surface area (Å²) in [7, 11) is 4.52. The summed E-state index contributed by atoms with van der Waals surface area (Å²) in [6.45, 7) is 3.16. The van der Waals surface area contributed by atoms with Gasteiger partial charge in [0.15, 0.2) is 27.8 Å². The third-order valence-corrected chi connectivity index (χ3v) is 7.82. The van der Waals surface area contributed by atoms with Crippen molar-refractivity contribution in [2.45, 2.75) is 19.9 Å². The molecule has 1 atom stereocenters. The fourth-order valence-corrected chi connectivity index (χ4v) is 5.94. The van der Waals surface area contributed by atoms with Crippen LogP contribution in [0.3, 0.4) is 0 Å². The topological polar surface area (TPSA) is 115 Å². The van der Waals surface area contributed by atoms with Gasteiger partial charge in [0.05, 0.1) is 49.8 Å². The van der Waals surface area contributed by atoms with Crippen molar-refractivity contribution in [3.8, 4) is 23.0 Å². The number of carbonyl (C=O) groups excluding carboxylic acids is 2. The summed E-state index contributed by atoms with van der Waals surface area (Å²) in [4.78, 5) is 44.6. The second-order valence-corrected chi connectivity index (χ2v) is 10.6. The van der Waals surface area contributed by atoms with Crippen molar-refractivity contribution in [3.05, 3.63) is 109 Å². The highest BCUT2D eigenvalue weighted by Gasteiger charge is 2.35. The molecule has 226 valence electrons. The lowest BCUT2D eigenvalue weighted by Gasteiger charge is -2.26. The van der Waals surface area contributed by atoms with Gasteiger partial charge >= 0.3 is 11.9 Å². The number of aromatic nitrogens is 1. The first-order valence-corrected chi connectivity index (χ1v) is 14.5. The Morgan fingerprint density at radius 1 is 0.909 bits per heavy atom. The minimum atomic E-state index is -0.886. The van der Waals surface area contributed by atoms with Crippen LogP contribution in [0.4, 0.5) is 0 Å². The largest absolute Gasteiger partial charge is 0.493 e. The van der Waals surface area contributed by atoms with Crippen molar-refractivity contribution in [2.75, 3.05) is 27.9 Å². The van der Waals surface area contributed by atoms with Gasteiger partial charge in [-0.3, -0.25) is 14.2 Å². The van der Waals surface area contributed by atoms with E-state index in [0.717, 1.165) is 0 Å². The normalized spacial score (nSPS) is 14.4. The van der Waals surface area contributed by atoms with E-state index in [1.165, 1.54) is 44.2 Å². The van der Waals surface area contributed by atoms with Gasteiger partial charge in [-0.15, -0.1) is 0 Å². The van der Waals surface area contributed by atoms with Crippen molar-refractivity contribution >= 4 is 35.0 Å². The van der Waals surface area contributed by atoms with Crippen molar-refractivity contribution in [1.29, 1.82) is 0 Å². The van der Waals surface area contributed by atoms with Crippen LogP contribution in [0.1, 0.15) is 36.6 Å². The second-order valence-electron chi connectivity index (χ2n) is 9.55. The molecule has 0 saturated carbocycles. The number of esters is 2. The average Bonchev–Trinajstić information content (AvgIpc) is 3.34. The Morgan fingerprint density at radius 3 is 2.25 bits per heavy atom. The fourth-order valence-electron chi connectivity index (χ4n) is 4.94. The number of rotatable bonds is 9. The van der Waals surface area contributed by atoms with E-state index in [1.807, 2.05) is 30.3 Å². The highest BCUT2D eigenvalue weighted by Crippen LogP contribution is 2.38. The quantitative estimate of drug-likeness (QED) is 0.206. The molecule has 0 amide bonds. The maximum Gasteiger partial charge on any atom is 0.338 e. The predicted octanol–water partition coefficient (Wildman–Crippen LogP) is 3.89. The van der Waals surface area contributed by atoms with Crippen molar-refractivity contribution in [1.82, 2.24) is 4.57 Å². The highest BCUT2D eigenvalue weighted by atomic mass is 32.1. The van der Waals surface area contributed by atoms with Crippen LogP contribution in [0.2, 0.25) is 0 Å². The van der Waals surface area contributed by atoms with Crippen LogP contribution in [0, 0.1) is 0 Å². The molecule has 0 saturated heterocycles.